The number of rotatable bonds is 8. The van der Waals surface area contributed by atoms with E-state index in [-0.39, 0.29) is 0 Å². The summed E-state index contributed by atoms with van der Waals surface area (Å²) in [7, 11) is 2.18. The number of hydrogen-bond donors (Lipinski definition) is 2. The summed E-state index contributed by atoms with van der Waals surface area (Å²) in [4.78, 5) is 14.1. The van der Waals surface area contributed by atoms with Crippen LogP contribution in [0.25, 0.3) is 0 Å². The normalized spacial score (nSPS) is 19.2. The van der Waals surface area contributed by atoms with Crippen LogP contribution in [-0.2, 0) is 6.54 Å². The van der Waals surface area contributed by atoms with Crippen molar-refractivity contribution in [3.63, 3.8) is 0 Å². The minimum Gasteiger partial charge on any atom is -0.357 e. The molecule has 1 aromatic rings. The van der Waals surface area contributed by atoms with Crippen molar-refractivity contribution in [1.82, 2.24) is 20.5 Å². The maximum Gasteiger partial charge on any atom is 0.191 e. The third-order valence-electron chi connectivity index (χ3n) is 5.96. The molecule has 1 aliphatic carbocycles. The zero-order valence-corrected chi connectivity index (χ0v) is 17.8. The summed E-state index contributed by atoms with van der Waals surface area (Å²) < 4.78 is 0. The van der Waals surface area contributed by atoms with Gasteiger partial charge in [-0.25, -0.2) is 9.98 Å². The molecule has 2 N–H and O–H groups in total. The molecule has 1 aliphatic heterocycles. The second kappa shape index (κ2) is 11.2. The molecule has 1 saturated carbocycles. The maximum absolute atomic E-state index is 4.79. The average Bonchev–Trinajstić information content (AvgIpc) is 3.23. The SMILES string of the molecule is CCNC(=NCc1ccnc(N2CCN(C)CC2)c1)NCCCC1CCCC1. The van der Waals surface area contributed by atoms with Crippen LogP contribution in [0.2, 0.25) is 0 Å². The Balaban J connectivity index is 1.48. The predicted octanol–water partition coefficient (Wildman–Crippen LogP) is 2.86. The molecule has 0 bridgehead atoms. The number of likely N-dealkylation sites (N-methyl/N-ethyl adjacent to an activating group) is 1. The van der Waals surface area contributed by atoms with Gasteiger partial charge in [0.1, 0.15) is 5.82 Å². The van der Waals surface area contributed by atoms with E-state index in [1.165, 1.54) is 44.1 Å². The molecule has 0 atom stereocenters. The topological polar surface area (TPSA) is 55.8 Å². The van der Waals surface area contributed by atoms with Gasteiger partial charge in [-0.05, 0) is 50.4 Å². The summed E-state index contributed by atoms with van der Waals surface area (Å²) in [6.45, 7) is 8.97. The van der Waals surface area contributed by atoms with E-state index in [0.29, 0.717) is 6.54 Å². The summed E-state index contributed by atoms with van der Waals surface area (Å²) in [5.74, 6) is 2.97. The van der Waals surface area contributed by atoms with E-state index >= 15 is 0 Å². The lowest BCUT2D eigenvalue weighted by Crippen LogP contribution is -2.44. The van der Waals surface area contributed by atoms with E-state index in [4.69, 9.17) is 4.99 Å². The lowest BCUT2D eigenvalue weighted by Gasteiger charge is -2.33. The number of piperazine rings is 1. The molecule has 2 aliphatic rings. The van der Waals surface area contributed by atoms with Gasteiger partial charge in [-0.1, -0.05) is 25.7 Å². The van der Waals surface area contributed by atoms with Crippen LogP contribution in [0.15, 0.2) is 23.3 Å². The van der Waals surface area contributed by atoms with Crippen molar-refractivity contribution in [3.8, 4) is 0 Å². The van der Waals surface area contributed by atoms with Gasteiger partial charge in [0.2, 0.25) is 0 Å². The molecule has 6 nitrogen and oxygen atoms in total. The smallest absolute Gasteiger partial charge is 0.191 e. The Morgan fingerprint density at radius 2 is 1.96 bits per heavy atom. The highest BCUT2D eigenvalue weighted by Crippen LogP contribution is 2.28. The summed E-state index contributed by atoms with van der Waals surface area (Å²) in [5.41, 5.74) is 1.21. The van der Waals surface area contributed by atoms with Crippen LogP contribution in [0.4, 0.5) is 5.82 Å². The first-order valence-corrected chi connectivity index (χ1v) is 11.1. The van der Waals surface area contributed by atoms with Gasteiger partial charge in [0, 0.05) is 45.5 Å². The Kier molecular flexibility index (Phi) is 8.40. The average molecular weight is 387 g/mol. The van der Waals surface area contributed by atoms with E-state index in [1.54, 1.807) is 0 Å². The molecule has 0 amide bonds. The number of nitrogens with one attached hydrogen (secondary N) is 2. The summed E-state index contributed by atoms with van der Waals surface area (Å²) in [6, 6.07) is 4.27. The molecular weight excluding hydrogens is 348 g/mol. The van der Waals surface area contributed by atoms with Crippen molar-refractivity contribution < 1.29 is 0 Å². The van der Waals surface area contributed by atoms with Gasteiger partial charge in [0.15, 0.2) is 5.96 Å². The van der Waals surface area contributed by atoms with Gasteiger partial charge in [0.25, 0.3) is 0 Å². The van der Waals surface area contributed by atoms with Crippen LogP contribution < -0.4 is 15.5 Å². The van der Waals surface area contributed by atoms with Crippen LogP contribution in [0.3, 0.4) is 0 Å². The molecule has 2 heterocycles. The van der Waals surface area contributed by atoms with E-state index < -0.39 is 0 Å². The van der Waals surface area contributed by atoms with Gasteiger partial charge in [-0.2, -0.15) is 0 Å². The minimum absolute atomic E-state index is 0.682. The molecular formula is C22H38N6. The lowest BCUT2D eigenvalue weighted by atomic mass is 10.0. The molecule has 156 valence electrons. The van der Waals surface area contributed by atoms with Crippen molar-refractivity contribution in [3.05, 3.63) is 23.9 Å². The summed E-state index contributed by atoms with van der Waals surface area (Å²) in [6.07, 6.45) is 10.2. The minimum atomic E-state index is 0.682. The van der Waals surface area contributed by atoms with Crippen molar-refractivity contribution in [1.29, 1.82) is 0 Å². The molecule has 0 spiro atoms. The number of aliphatic imine (C=N–C) groups is 1. The second-order valence-corrected chi connectivity index (χ2v) is 8.23. The first kappa shape index (κ1) is 20.9. The van der Waals surface area contributed by atoms with Crippen LogP contribution in [0, 0.1) is 5.92 Å². The molecule has 2 fully saturated rings. The Hall–Kier alpha value is -1.82. The van der Waals surface area contributed by atoms with Crippen molar-refractivity contribution in [2.24, 2.45) is 10.9 Å². The monoisotopic (exact) mass is 386 g/mol. The van der Waals surface area contributed by atoms with E-state index in [0.717, 1.165) is 57.0 Å². The number of guanidine groups is 1. The van der Waals surface area contributed by atoms with Crippen LogP contribution in [-0.4, -0.2) is 62.2 Å². The maximum atomic E-state index is 4.79. The fourth-order valence-corrected chi connectivity index (χ4v) is 4.18. The van der Waals surface area contributed by atoms with Gasteiger partial charge >= 0.3 is 0 Å². The lowest BCUT2D eigenvalue weighted by molar-refractivity contribution is 0.312. The fourth-order valence-electron chi connectivity index (χ4n) is 4.18. The molecule has 1 aromatic heterocycles. The number of pyridine rings is 1. The Morgan fingerprint density at radius 3 is 2.71 bits per heavy atom. The van der Waals surface area contributed by atoms with Crippen molar-refractivity contribution >= 4 is 11.8 Å². The first-order chi connectivity index (χ1) is 13.7. The number of nitrogens with zero attached hydrogens (tertiary/aromatic N) is 4. The molecule has 1 saturated heterocycles. The fraction of sp³-hybridized carbons (Fsp3) is 0.727. The van der Waals surface area contributed by atoms with Crippen LogP contribution in [0.1, 0.15) is 51.0 Å². The number of hydrogen-bond acceptors (Lipinski definition) is 4. The van der Waals surface area contributed by atoms with Crippen LogP contribution >= 0.6 is 0 Å². The molecule has 28 heavy (non-hydrogen) atoms. The molecule has 0 unspecified atom stereocenters. The highest BCUT2D eigenvalue weighted by Gasteiger charge is 2.16. The summed E-state index contributed by atoms with van der Waals surface area (Å²) >= 11 is 0. The Morgan fingerprint density at radius 1 is 1.18 bits per heavy atom. The van der Waals surface area contributed by atoms with E-state index in [9.17, 15) is 0 Å². The summed E-state index contributed by atoms with van der Waals surface area (Å²) in [5, 5.41) is 6.88. The second-order valence-electron chi connectivity index (χ2n) is 8.23. The number of aromatic nitrogens is 1. The van der Waals surface area contributed by atoms with Crippen molar-refractivity contribution in [2.75, 3.05) is 51.2 Å². The van der Waals surface area contributed by atoms with Crippen molar-refractivity contribution in [2.45, 2.75) is 52.0 Å². The number of anilines is 1. The standard InChI is InChI=1S/C22H38N6/c1-3-23-22(25-11-6-9-19-7-4-5-8-19)26-18-20-10-12-24-21(17-20)28-15-13-27(2)14-16-28/h10,12,17,19H,3-9,11,13-16,18H2,1-2H3,(H2,23,25,26). The van der Waals surface area contributed by atoms with E-state index in [2.05, 4.69) is 51.5 Å². The van der Waals surface area contributed by atoms with E-state index in [1.807, 2.05) is 6.20 Å². The first-order valence-electron chi connectivity index (χ1n) is 11.1. The third-order valence-corrected chi connectivity index (χ3v) is 5.96. The van der Waals surface area contributed by atoms with Crippen LogP contribution in [0.5, 0.6) is 0 Å². The van der Waals surface area contributed by atoms with Gasteiger partial charge in [0.05, 0.1) is 6.54 Å². The Bertz CT molecular complexity index is 603. The van der Waals surface area contributed by atoms with Gasteiger partial charge in [-0.3, -0.25) is 0 Å². The quantitative estimate of drug-likeness (QED) is 0.409. The highest BCUT2D eigenvalue weighted by molar-refractivity contribution is 5.79. The zero-order chi connectivity index (χ0) is 19.6. The predicted molar refractivity (Wildman–Crippen MR) is 118 cm³/mol. The largest absolute Gasteiger partial charge is 0.357 e. The van der Waals surface area contributed by atoms with Gasteiger partial charge < -0.3 is 20.4 Å². The molecule has 3 rings (SSSR count). The van der Waals surface area contributed by atoms with Gasteiger partial charge in [-0.15, -0.1) is 0 Å². The zero-order valence-electron chi connectivity index (χ0n) is 17.8. The molecule has 6 heteroatoms. The molecule has 0 aromatic carbocycles. The highest BCUT2D eigenvalue weighted by atomic mass is 15.3. The third kappa shape index (κ3) is 6.66. The Labute approximate surface area is 170 Å². The molecule has 0 radical (unpaired) electrons.